The van der Waals surface area contributed by atoms with Crippen molar-refractivity contribution in [2.75, 3.05) is 6.61 Å². The van der Waals surface area contributed by atoms with Crippen LogP contribution in [0.5, 0.6) is 0 Å². The molecule has 0 amide bonds. The Kier molecular flexibility index (Phi) is 4.34. The average Bonchev–Trinajstić information content (AvgIpc) is 2.28. The Balaban J connectivity index is 3.14. The van der Waals surface area contributed by atoms with Gasteiger partial charge < -0.3 is 4.74 Å². The lowest BCUT2D eigenvalue weighted by atomic mass is 10.3. The number of hydrogen-bond acceptors (Lipinski definition) is 2. The summed E-state index contributed by atoms with van der Waals surface area (Å²) in [5.74, 6) is -5.61. The predicted octanol–water partition coefficient (Wildman–Crippen LogP) is 3.05. The number of rotatable bonds is 3. The van der Waals surface area contributed by atoms with Crippen molar-refractivity contribution in [2.45, 2.75) is 0 Å². The first-order valence-electron chi connectivity index (χ1n) is 4.10. The van der Waals surface area contributed by atoms with Crippen LogP contribution in [-0.4, -0.2) is 12.6 Å². The molecule has 0 spiro atoms. The quantitative estimate of drug-likeness (QED) is 0.277. The first kappa shape index (κ1) is 13.0. The Labute approximate surface area is 103 Å². The van der Waals surface area contributed by atoms with E-state index in [4.69, 9.17) is 0 Å². The molecule has 0 aliphatic heterocycles. The van der Waals surface area contributed by atoms with E-state index in [2.05, 4.69) is 11.3 Å². The minimum atomic E-state index is -1.68. The Morgan fingerprint density at radius 1 is 1.38 bits per heavy atom. The van der Waals surface area contributed by atoms with Crippen LogP contribution in [0.4, 0.5) is 13.2 Å². The predicted molar refractivity (Wildman–Crippen MR) is 59.5 cm³/mol. The van der Waals surface area contributed by atoms with Crippen molar-refractivity contribution in [2.24, 2.45) is 0 Å². The van der Waals surface area contributed by atoms with Gasteiger partial charge >= 0.3 is 5.97 Å². The normalized spacial score (nSPS) is 10.0. The number of hydrogen-bond donors (Lipinski definition) is 0. The summed E-state index contributed by atoms with van der Waals surface area (Å²) < 4.78 is 43.3. The molecule has 0 saturated carbocycles. The summed E-state index contributed by atoms with van der Waals surface area (Å²) in [5.41, 5.74) is -0.634. The first-order chi connectivity index (χ1) is 7.49. The van der Waals surface area contributed by atoms with Gasteiger partial charge in [0.15, 0.2) is 17.5 Å². The van der Waals surface area contributed by atoms with Crippen molar-refractivity contribution in [3.63, 3.8) is 0 Å². The fourth-order valence-corrected chi connectivity index (χ4v) is 1.48. The van der Waals surface area contributed by atoms with Gasteiger partial charge in [-0.05, 0) is 28.7 Å². The fraction of sp³-hybridized carbons (Fsp3) is 0.100. The van der Waals surface area contributed by atoms with Crippen LogP contribution in [0, 0.1) is 21.0 Å². The van der Waals surface area contributed by atoms with Gasteiger partial charge in [-0.25, -0.2) is 18.0 Å². The molecule has 0 radical (unpaired) electrons. The fourth-order valence-electron chi connectivity index (χ4n) is 0.934. The summed E-state index contributed by atoms with van der Waals surface area (Å²) in [6.45, 7) is 3.16. The number of carbonyl (C=O) groups is 1. The monoisotopic (exact) mass is 344 g/mol. The summed E-state index contributed by atoms with van der Waals surface area (Å²) in [6.07, 6.45) is 1.28. The third-order valence-electron chi connectivity index (χ3n) is 1.65. The molecular weight excluding hydrogens is 338 g/mol. The number of carbonyl (C=O) groups excluding carboxylic acids is 1. The smallest absolute Gasteiger partial charge is 0.341 e. The van der Waals surface area contributed by atoms with E-state index in [0.717, 1.165) is 6.07 Å². The van der Waals surface area contributed by atoms with Crippen LogP contribution in [0.2, 0.25) is 0 Å². The molecule has 0 atom stereocenters. The van der Waals surface area contributed by atoms with E-state index in [9.17, 15) is 18.0 Å². The Hall–Kier alpha value is -1.05. The molecule has 0 bridgehead atoms. The number of ether oxygens (including phenoxy) is 1. The van der Waals surface area contributed by atoms with Gasteiger partial charge in [-0.15, -0.1) is 0 Å². The second-order valence-electron chi connectivity index (χ2n) is 2.74. The highest BCUT2D eigenvalue weighted by Crippen LogP contribution is 2.21. The molecular formula is C10H6F3IO2. The second kappa shape index (κ2) is 5.33. The Bertz CT molecular complexity index is 446. The summed E-state index contributed by atoms with van der Waals surface area (Å²) in [5, 5.41) is 0. The largest absolute Gasteiger partial charge is 0.458 e. The van der Waals surface area contributed by atoms with Crippen LogP contribution < -0.4 is 0 Å². The molecule has 0 aliphatic rings. The molecule has 0 aliphatic carbocycles. The average molecular weight is 344 g/mol. The van der Waals surface area contributed by atoms with Gasteiger partial charge in [0.1, 0.15) is 6.61 Å². The molecule has 0 aromatic heterocycles. The van der Waals surface area contributed by atoms with Gasteiger partial charge in [0.2, 0.25) is 0 Å². The summed E-state index contributed by atoms with van der Waals surface area (Å²) >= 11 is 1.45. The van der Waals surface area contributed by atoms with E-state index in [1.165, 1.54) is 28.7 Å². The zero-order valence-electron chi connectivity index (χ0n) is 7.90. The SMILES string of the molecule is C=CCO[14C](=O)c1cc(I)c(F)c(F)c1F. The van der Waals surface area contributed by atoms with Crippen molar-refractivity contribution >= 4 is 28.6 Å². The molecule has 0 saturated heterocycles. The molecule has 0 N–H and O–H groups in total. The second-order valence-corrected chi connectivity index (χ2v) is 3.90. The van der Waals surface area contributed by atoms with Crippen LogP contribution >= 0.6 is 22.6 Å². The maximum absolute atomic E-state index is 13.2. The molecule has 86 valence electrons. The highest BCUT2D eigenvalue weighted by molar-refractivity contribution is 14.1. The molecule has 1 rings (SSSR count). The molecule has 0 heterocycles. The number of esters is 1. The molecule has 16 heavy (non-hydrogen) atoms. The zero-order valence-corrected chi connectivity index (χ0v) is 10.1. The third kappa shape index (κ3) is 2.55. The Morgan fingerprint density at radius 2 is 2.00 bits per heavy atom. The summed E-state index contributed by atoms with van der Waals surface area (Å²) in [4.78, 5) is 11.2. The van der Waals surface area contributed by atoms with Gasteiger partial charge in [-0.3, -0.25) is 0 Å². The van der Waals surface area contributed by atoms with Crippen molar-refractivity contribution in [1.82, 2.24) is 0 Å². The topological polar surface area (TPSA) is 26.3 Å². The molecule has 1 aromatic carbocycles. The lowest BCUT2D eigenvalue weighted by Gasteiger charge is -2.05. The van der Waals surface area contributed by atoms with Crippen LogP contribution in [0.15, 0.2) is 18.7 Å². The van der Waals surface area contributed by atoms with Crippen molar-refractivity contribution in [1.29, 1.82) is 0 Å². The maximum atomic E-state index is 13.2. The van der Waals surface area contributed by atoms with Crippen molar-refractivity contribution in [3.05, 3.63) is 45.3 Å². The van der Waals surface area contributed by atoms with E-state index in [1.54, 1.807) is 0 Å². The summed E-state index contributed by atoms with van der Waals surface area (Å²) in [6, 6.07) is 0.889. The van der Waals surface area contributed by atoms with E-state index in [-0.39, 0.29) is 10.2 Å². The van der Waals surface area contributed by atoms with Crippen LogP contribution in [0.25, 0.3) is 0 Å². The molecule has 0 unspecified atom stereocenters. The Morgan fingerprint density at radius 3 is 2.56 bits per heavy atom. The first-order valence-corrected chi connectivity index (χ1v) is 5.18. The van der Waals surface area contributed by atoms with Gasteiger partial charge in [0, 0.05) is 0 Å². The minimum absolute atomic E-state index is 0.131. The zero-order chi connectivity index (χ0) is 12.3. The molecule has 0 fully saturated rings. The van der Waals surface area contributed by atoms with Gasteiger partial charge in [0.25, 0.3) is 0 Å². The standard InChI is InChI=1S/C10H6F3IO2/c1-2-3-16-10(15)5-4-6(14)8(12)9(13)7(5)11/h2,4H,1,3H2/i10+2. The third-order valence-corrected chi connectivity index (χ3v) is 2.44. The van der Waals surface area contributed by atoms with E-state index in [0.29, 0.717) is 0 Å². The highest BCUT2D eigenvalue weighted by atomic mass is 127. The van der Waals surface area contributed by atoms with Gasteiger partial charge in [-0.2, -0.15) is 0 Å². The highest BCUT2D eigenvalue weighted by Gasteiger charge is 2.22. The van der Waals surface area contributed by atoms with Crippen molar-refractivity contribution < 1.29 is 22.7 Å². The lowest BCUT2D eigenvalue weighted by molar-refractivity contribution is 0.0543. The summed E-state index contributed by atoms with van der Waals surface area (Å²) in [7, 11) is 0. The van der Waals surface area contributed by atoms with E-state index < -0.39 is 29.0 Å². The minimum Gasteiger partial charge on any atom is -0.458 e. The molecule has 1 aromatic rings. The lowest BCUT2D eigenvalue weighted by Crippen LogP contribution is -2.11. The van der Waals surface area contributed by atoms with E-state index >= 15 is 0 Å². The molecule has 6 heteroatoms. The van der Waals surface area contributed by atoms with Crippen LogP contribution in [0.3, 0.4) is 0 Å². The van der Waals surface area contributed by atoms with Gasteiger partial charge in [0.05, 0.1) is 9.13 Å². The molecule has 2 nitrogen and oxygen atoms in total. The van der Waals surface area contributed by atoms with Gasteiger partial charge in [-0.1, -0.05) is 12.7 Å². The van der Waals surface area contributed by atoms with Crippen LogP contribution in [-0.2, 0) is 4.74 Å². The maximum Gasteiger partial charge on any atom is 0.341 e. The number of benzene rings is 1. The number of halogens is 4. The van der Waals surface area contributed by atoms with Crippen LogP contribution in [0.1, 0.15) is 10.4 Å². The van der Waals surface area contributed by atoms with E-state index in [1.807, 2.05) is 0 Å². The van der Waals surface area contributed by atoms with Crippen molar-refractivity contribution in [3.8, 4) is 0 Å².